The van der Waals surface area contributed by atoms with E-state index in [4.69, 9.17) is 27.9 Å². The Morgan fingerprint density at radius 1 is 1.53 bits per heavy atom. The summed E-state index contributed by atoms with van der Waals surface area (Å²) < 4.78 is 18.5. The Bertz CT molecular complexity index is 396. The average Bonchev–Trinajstić information content (AvgIpc) is 2.34. The summed E-state index contributed by atoms with van der Waals surface area (Å²) in [6, 6.07) is 4.37. The molecule has 17 heavy (non-hydrogen) atoms. The van der Waals surface area contributed by atoms with E-state index in [0.29, 0.717) is 17.3 Å². The molecule has 0 aromatic heterocycles. The van der Waals surface area contributed by atoms with Gasteiger partial charge < -0.3 is 10.1 Å². The number of rotatable bonds is 6. The van der Waals surface area contributed by atoms with Crippen molar-refractivity contribution < 1.29 is 9.13 Å². The van der Waals surface area contributed by atoms with E-state index >= 15 is 0 Å². The Morgan fingerprint density at radius 3 is 2.94 bits per heavy atom. The maximum atomic E-state index is 13.1. The van der Waals surface area contributed by atoms with Crippen molar-refractivity contribution in [1.29, 1.82) is 0 Å². The molecule has 0 spiro atoms. The van der Waals surface area contributed by atoms with Gasteiger partial charge in [0.15, 0.2) is 0 Å². The Morgan fingerprint density at radius 2 is 2.29 bits per heavy atom. The minimum Gasteiger partial charge on any atom is -0.488 e. The van der Waals surface area contributed by atoms with Crippen molar-refractivity contribution in [3.05, 3.63) is 40.1 Å². The molecule has 1 aromatic carbocycles. The van der Waals surface area contributed by atoms with Gasteiger partial charge >= 0.3 is 0 Å². The number of benzene rings is 1. The van der Waals surface area contributed by atoms with E-state index < -0.39 is 0 Å². The first kappa shape index (κ1) is 14.3. The lowest BCUT2D eigenvalue weighted by molar-refractivity contribution is 0.353. The van der Waals surface area contributed by atoms with Gasteiger partial charge in [0.1, 0.15) is 18.2 Å². The third kappa shape index (κ3) is 4.94. The summed E-state index contributed by atoms with van der Waals surface area (Å²) in [4.78, 5) is 0. The van der Waals surface area contributed by atoms with Crippen LogP contribution in [0.4, 0.5) is 4.39 Å². The lowest BCUT2D eigenvalue weighted by Gasteiger charge is -2.11. The normalized spacial score (nSPS) is 11.6. The summed E-state index contributed by atoms with van der Waals surface area (Å²) in [5.41, 5.74) is 2.00. The van der Waals surface area contributed by atoms with Crippen LogP contribution < -0.4 is 10.1 Å². The Kier molecular flexibility index (Phi) is 6.34. The van der Waals surface area contributed by atoms with Crippen LogP contribution in [0.2, 0.25) is 0 Å². The van der Waals surface area contributed by atoms with Gasteiger partial charge in [-0.3, -0.25) is 0 Å². The second-order valence-corrected chi connectivity index (χ2v) is 4.08. The maximum absolute atomic E-state index is 13.1. The summed E-state index contributed by atoms with van der Waals surface area (Å²) in [6.07, 6.45) is 0. The molecule has 0 saturated carbocycles. The first-order valence-corrected chi connectivity index (χ1v) is 6.05. The van der Waals surface area contributed by atoms with E-state index in [1.54, 1.807) is 6.07 Å². The van der Waals surface area contributed by atoms with Crippen molar-refractivity contribution in [2.45, 2.75) is 13.5 Å². The molecule has 1 N–H and O–H groups in total. The fourth-order valence-electron chi connectivity index (χ4n) is 1.26. The van der Waals surface area contributed by atoms with Gasteiger partial charge in [0.25, 0.3) is 0 Å². The molecule has 0 bridgehead atoms. The van der Waals surface area contributed by atoms with Gasteiger partial charge in [0.2, 0.25) is 0 Å². The van der Waals surface area contributed by atoms with Gasteiger partial charge in [-0.1, -0.05) is 30.1 Å². The Labute approximate surface area is 110 Å². The highest BCUT2D eigenvalue weighted by atomic mass is 35.5. The van der Waals surface area contributed by atoms with Crippen LogP contribution >= 0.6 is 23.2 Å². The molecule has 0 unspecified atom stereocenters. The minimum atomic E-state index is -0.288. The van der Waals surface area contributed by atoms with Gasteiger partial charge in [-0.25, -0.2) is 4.39 Å². The fourth-order valence-corrected chi connectivity index (χ4v) is 1.38. The van der Waals surface area contributed by atoms with Crippen molar-refractivity contribution in [2.24, 2.45) is 0 Å². The lowest BCUT2D eigenvalue weighted by Crippen LogP contribution is -2.13. The van der Waals surface area contributed by atoms with Crippen LogP contribution in [-0.2, 0) is 6.54 Å². The first-order chi connectivity index (χ1) is 8.17. The number of halogens is 3. The lowest BCUT2D eigenvalue weighted by atomic mass is 10.2. The number of hydrogen-bond acceptors (Lipinski definition) is 2. The van der Waals surface area contributed by atoms with Gasteiger partial charge in [0.05, 0.1) is 5.03 Å². The fraction of sp³-hybridized carbons (Fsp3) is 0.333. The van der Waals surface area contributed by atoms with Crippen LogP contribution in [0.15, 0.2) is 28.8 Å². The molecule has 0 saturated heterocycles. The average molecular weight is 278 g/mol. The second kappa shape index (κ2) is 7.54. The highest BCUT2D eigenvalue weighted by molar-refractivity contribution is 6.36. The van der Waals surface area contributed by atoms with E-state index in [1.807, 2.05) is 6.92 Å². The summed E-state index contributed by atoms with van der Waals surface area (Å²) in [6.45, 7) is 3.51. The Hall–Kier alpha value is -0.770. The van der Waals surface area contributed by atoms with Gasteiger partial charge in [-0.05, 0) is 24.7 Å². The molecule has 0 aliphatic heterocycles. The van der Waals surface area contributed by atoms with Crippen LogP contribution in [0.25, 0.3) is 0 Å². The molecule has 0 heterocycles. The molecule has 5 heteroatoms. The molecule has 0 aliphatic rings. The summed E-state index contributed by atoms with van der Waals surface area (Å²) >= 11 is 11.1. The molecule has 0 aliphatic carbocycles. The standard InChI is InChI=1S/C12H14Cl2FNO/c1-2-16-7-9-5-11(15)3-4-12(9)17-8-10(14)6-13/h3-6,16H,2,7-8H2,1H3/b10-6-. The third-order valence-electron chi connectivity index (χ3n) is 2.07. The van der Waals surface area contributed by atoms with E-state index in [9.17, 15) is 4.39 Å². The zero-order chi connectivity index (χ0) is 12.7. The zero-order valence-corrected chi connectivity index (χ0v) is 11.0. The van der Waals surface area contributed by atoms with E-state index in [1.165, 1.54) is 17.7 Å². The van der Waals surface area contributed by atoms with Crippen LogP contribution in [-0.4, -0.2) is 13.2 Å². The predicted molar refractivity (Wildman–Crippen MR) is 69.1 cm³/mol. The number of ether oxygens (including phenoxy) is 1. The van der Waals surface area contributed by atoms with E-state index in [2.05, 4.69) is 5.32 Å². The van der Waals surface area contributed by atoms with Crippen LogP contribution in [0.3, 0.4) is 0 Å². The maximum Gasteiger partial charge on any atom is 0.125 e. The number of hydrogen-bond donors (Lipinski definition) is 1. The highest BCUT2D eigenvalue weighted by Crippen LogP contribution is 2.20. The molecule has 0 amide bonds. The largest absolute Gasteiger partial charge is 0.488 e. The summed E-state index contributed by atoms with van der Waals surface area (Å²) in [7, 11) is 0. The van der Waals surface area contributed by atoms with Crippen LogP contribution in [0.1, 0.15) is 12.5 Å². The van der Waals surface area contributed by atoms with Crippen LogP contribution in [0, 0.1) is 5.82 Å². The molecule has 0 fully saturated rings. The van der Waals surface area contributed by atoms with Crippen LogP contribution in [0.5, 0.6) is 5.75 Å². The quantitative estimate of drug-likeness (QED) is 0.857. The molecule has 94 valence electrons. The van der Waals surface area contributed by atoms with E-state index in [-0.39, 0.29) is 12.4 Å². The van der Waals surface area contributed by atoms with Gasteiger partial charge in [-0.2, -0.15) is 0 Å². The molecule has 1 aromatic rings. The van der Waals surface area contributed by atoms with E-state index in [0.717, 1.165) is 12.1 Å². The SMILES string of the molecule is CCNCc1cc(F)ccc1OC/C(Cl)=C/Cl. The topological polar surface area (TPSA) is 21.3 Å². The molecule has 0 radical (unpaired) electrons. The second-order valence-electron chi connectivity index (χ2n) is 3.38. The molecular formula is C12H14Cl2FNO. The van der Waals surface area contributed by atoms with Gasteiger partial charge in [-0.15, -0.1) is 0 Å². The van der Waals surface area contributed by atoms with Crippen molar-refractivity contribution in [3.63, 3.8) is 0 Å². The highest BCUT2D eigenvalue weighted by Gasteiger charge is 2.05. The zero-order valence-electron chi connectivity index (χ0n) is 9.47. The minimum absolute atomic E-state index is 0.176. The van der Waals surface area contributed by atoms with Crippen molar-refractivity contribution in [2.75, 3.05) is 13.2 Å². The Balaban J connectivity index is 2.75. The smallest absolute Gasteiger partial charge is 0.125 e. The summed E-state index contributed by atoms with van der Waals surface area (Å²) in [5, 5.41) is 3.51. The molecule has 1 rings (SSSR count). The van der Waals surface area contributed by atoms with Crippen molar-refractivity contribution in [3.8, 4) is 5.75 Å². The predicted octanol–water partition coefficient (Wildman–Crippen LogP) is 3.63. The molecule has 2 nitrogen and oxygen atoms in total. The van der Waals surface area contributed by atoms with Crippen molar-refractivity contribution >= 4 is 23.2 Å². The monoisotopic (exact) mass is 277 g/mol. The van der Waals surface area contributed by atoms with Gasteiger partial charge in [0, 0.05) is 17.6 Å². The van der Waals surface area contributed by atoms with Crippen molar-refractivity contribution in [1.82, 2.24) is 5.32 Å². The number of nitrogens with one attached hydrogen (secondary N) is 1. The third-order valence-corrected chi connectivity index (χ3v) is 2.67. The molecule has 0 atom stereocenters. The summed E-state index contributed by atoms with van der Waals surface area (Å²) in [5.74, 6) is 0.313. The molecular weight excluding hydrogens is 264 g/mol. The first-order valence-electron chi connectivity index (χ1n) is 5.24.